The van der Waals surface area contributed by atoms with Crippen molar-refractivity contribution in [2.24, 2.45) is 5.41 Å². The van der Waals surface area contributed by atoms with Crippen LogP contribution in [0.4, 0.5) is 0 Å². The standard InChI is InChI=1S/C13H18N2O4S2/c1-3-4-20-5-8(16)14-9-10(17)15-6-13(2,12(18)19)7-21-11(9)15/h3,9,11H,1,4-7H2,2H3,(H,14,16)(H,18,19)/t9?,11-,13?/m1/s1. The van der Waals surface area contributed by atoms with Crippen molar-refractivity contribution in [3.63, 3.8) is 0 Å². The van der Waals surface area contributed by atoms with Crippen molar-refractivity contribution < 1.29 is 19.5 Å². The summed E-state index contributed by atoms with van der Waals surface area (Å²) in [6, 6.07) is -0.523. The van der Waals surface area contributed by atoms with Gasteiger partial charge in [0.15, 0.2) is 0 Å². The molecule has 2 heterocycles. The molecule has 0 radical (unpaired) electrons. The van der Waals surface area contributed by atoms with Gasteiger partial charge in [0.25, 0.3) is 0 Å². The molecule has 2 saturated heterocycles. The number of nitrogens with one attached hydrogen (secondary N) is 1. The van der Waals surface area contributed by atoms with E-state index in [4.69, 9.17) is 0 Å². The van der Waals surface area contributed by atoms with Crippen molar-refractivity contribution in [2.45, 2.75) is 18.3 Å². The van der Waals surface area contributed by atoms with Crippen LogP contribution in [0.15, 0.2) is 12.7 Å². The Kier molecular flexibility index (Phi) is 4.88. The Balaban J connectivity index is 1.88. The summed E-state index contributed by atoms with van der Waals surface area (Å²) in [5.74, 6) is 0.158. The molecule has 2 rings (SSSR count). The third kappa shape index (κ3) is 3.21. The summed E-state index contributed by atoms with van der Waals surface area (Å²) in [4.78, 5) is 36.6. The fraction of sp³-hybridized carbons (Fsp3) is 0.615. The molecule has 0 saturated carbocycles. The topological polar surface area (TPSA) is 86.7 Å². The number of thioether (sulfide) groups is 2. The van der Waals surface area contributed by atoms with E-state index in [1.165, 1.54) is 23.5 Å². The van der Waals surface area contributed by atoms with Crippen LogP contribution in [0.3, 0.4) is 0 Å². The van der Waals surface area contributed by atoms with Crippen LogP contribution in [-0.2, 0) is 14.4 Å². The van der Waals surface area contributed by atoms with E-state index in [-0.39, 0.29) is 23.7 Å². The molecule has 0 aromatic carbocycles. The molecule has 6 nitrogen and oxygen atoms in total. The molecule has 0 aliphatic carbocycles. The quantitative estimate of drug-likeness (QED) is 0.416. The van der Waals surface area contributed by atoms with Crippen LogP contribution in [0.25, 0.3) is 0 Å². The Morgan fingerprint density at radius 3 is 3.00 bits per heavy atom. The number of rotatable bonds is 6. The van der Waals surface area contributed by atoms with Gasteiger partial charge in [0.1, 0.15) is 11.4 Å². The maximum Gasteiger partial charge on any atom is 0.312 e. The number of hydrogen-bond acceptors (Lipinski definition) is 5. The normalized spacial score (nSPS) is 31.1. The minimum Gasteiger partial charge on any atom is -0.481 e. The lowest BCUT2D eigenvalue weighted by Gasteiger charge is -2.53. The molecule has 0 spiro atoms. The fourth-order valence-corrected chi connectivity index (χ4v) is 4.32. The Hall–Kier alpha value is -1.15. The second-order valence-corrected chi connectivity index (χ2v) is 7.52. The lowest BCUT2D eigenvalue weighted by molar-refractivity contribution is -0.157. The molecule has 0 aromatic heterocycles. The lowest BCUT2D eigenvalue weighted by atomic mass is 9.89. The highest BCUT2D eigenvalue weighted by Crippen LogP contribution is 2.41. The zero-order valence-electron chi connectivity index (χ0n) is 11.7. The van der Waals surface area contributed by atoms with Gasteiger partial charge in [0.05, 0.1) is 11.2 Å². The van der Waals surface area contributed by atoms with Crippen molar-refractivity contribution in [1.82, 2.24) is 10.2 Å². The van der Waals surface area contributed by atoms with Crippen molar-refractivity contribution in [3.05, 3.63) is 12.7 Å². The van der Waals surface area contributed by atoms with Crippen molar-refractivity contribution >= 4 is 41.3 Å². The number of carbonyl (C=O) groups is 3. The molecule has 2 unspecified atom stereocenters. The number of carboxylic acids is 1. The number of fused-ring (bicyclic) bond motifs is 1. The molecule has 0 bridgehead atoms. The lowest BCUT2D eigenvalue weighted by Crippen LogP contribution is -2.73. The average Bonchev–Trinajstić information content (AvgIpc) is 2.45. The van der Waals surface area contributed by atoms with Gasteiger partial charge in [0.2, 0.25) is 11.8 Å². The third-order valence-corrected chi connectivity index (χ3v) is 6.14. The molecule has 2 fully saturated rings. The van der Waals surface area contributed by atoms with Gasteiger partial charge in [-0.2, -0.15) is 0 Å². The number of β-lactam (4-membered cyclic amide) rings is 1. The maximum atomic E-state index is 12.1. The highest BCUT2D eigenvalue weighted by Gasteiger charge is 2.55. The second kappa shape index (κ2) is 6.31. The molecule has 116 valence electrons. The molecule has 3 atom stereocenters. The molecular weight excluding hydrogens is 312 g/mol. The smallest absolute Gasteiger partial charge is 0.312 e. The van der Waals surface area contributed by atoms with Gasteiger partial charge >= 0.3 is 5.97 Å². The van der Waals surface area contributed by atoms with Gasteiger partial charge < -0.3 is 15.3 Å². The summed E-state index contributed by atoms with van der Waals surface area (Å²) in [7, 11) is 0. The van der Waals surface area contributed by atoms with E-state index >= 15 is 0 Å². The molecular formula is C13H18N2O4S2. The number of carboxylic acid groups (broad SMARTS) is 1. The van der Waals surface area contributed by atoms with Crippen molar-refractivity contribution in [1.29, 1.82) is 0 Å². The van der Waals surface area contributed by atoms with E-state index < -0.39 is 17.4 Å². The van der Waals surface area contributed by atoms with Crippen LogP contribution >= 0.6 is 23.5 Å². The highest BCUT2D eigenvalue weighted by atomic mass is 32.2. The minimum atomic E-state index is -0.911. The molecule has 21 heavy (non-hydrogen) atoms. The molecule has 2 amide bonds. The van der Waals surface area contributed by atoms with Crippen LogP contribution in [-0.4, -0.2) is 63.0 Å². The van der Waals surface area contributed by atoms with Gasteiger partial charge in [-0.05, 0) is 6.92 Å². The zero-order chi connectivity index (χ0) is 15.6. The average molecular weight is 330 g/mol. The van der Waals surface area contributed by atoms with Gasteiger partial charge in [-0.15, -0.1) is 30.1 Å². The summed E-state index contributed by atoms with van der Waals surface area (Å²) < 4.78 is 0. The number of amides is 2. The van der Waals surface area contributed by atoms with Crippen molar-refractivity contribution in [2.75, 3.05) is 23.8 Å². The fourth-order valence-electron chi connectivity index (χ4n) is 2.28. The molecule has 2 N–H and O–H groups in total. The zero-order valence-corrected chi connectivity index (χ0v) is 13.3. The summed E-state index contributed by atoms with van der Waals surface area (Å²) in [6.07, 6.45) is 1.72. The summed E-state index contributed by atoms with van der Waals surface area (Å²) in [5.41, 5.74) is -0.911. The van der Waals surface area contributed by atoms with Crippen LogP contribution in [0.1, 0.15) is 6.92 Å². The summed E-state index contributed by atoms with van der Waals surface area (Å²) in [5, 5.41) is 11.8. The Bertz CT molecular complexity index is 485. The van der Waals surface area contributed by atoms with E-state index in [1.807, 2.05) is 0 Å². The van der Waals surface area contributed by atoms with Gasteiger partial charge in [-0.25, -0.2) is 0 Å². The highest BCUT2D eigenvalue weighted by molar-refractivity contribution is 8.00. The van der Waals surface area contributed by atoms with E-state index in [0.717, 1.165) is 0 Å². The van der Waals surface area contributed by atoms with Crippen LogP contribution < -0.4 is 5.32 Å². The van der Waals surface area contributed by atoms with E-state index in [2.05, 4.69) is 11.9 Å². The van der Waals surface area contributed by atoms with Crippen molar-refractivity contribution in [3.8, 4) is 0 Å². The summed E-state index contributed by atoms with van der Waals surface area (Å²) >= 11 is 2.85. The predicted octanol–water partition coefficient (Wildman–Crippen LogP) is 0.396. The number of aliphatic carboxylic acids is 1. The third-order valence-electron chi connectivity index (χ3n) is 3.54. The predicted molar refractivity (Wildman–Crippen MR) is 83.2 cm³/mol. The SMILES string of the molecule is C=CCSCC(=O)NC1C(=O)N2CC(C)(C(=O)O)CS[C@H]12. The summed E-state index contributed by atoms with van der Waals surface area (Å²) in [6.45, 7) is 5.42. The Morgan fingerprint density at radius 1 is 1.67 bits per heavy atom. The number of hydrogen-bond donors (Lipinski definition) is 2. The van der Waals surface area contributed by atoms with Crippen LogP contribution in [0, 0.1) is 5.41 Å². The molecule has 8 heteroatoms. The van der Waals surface area contributed by atoms with Crippen LogP contribution in [0.5, 0.6) is 0 Å². The Morgan fingerprint density at radius 2 is 2.38 bits per heavy atom. The van der Waals surface area contributed by atoms with Crippen LogP contribution in [0.2, 0.25) is 0 Å². The molecule has 2 aliphatic heterocycles. The Labute approximate surface area is 131 Å². The first-order valence-corrected chi connectivity index (χ1v) is 8.73. The molecule has 0 aromatic rings. The first kappa shape index (κ1) is 16.2. The van der Waals surface area contributed by atoms with Gasteiger partial charge in [-0.1, -0.05) is 6.08 Å². The monoisotopic (exact) mass is 330 g/mol. The molecule has 2 aliphatic rings. The maximum absolute atomic E-state index is 12.1. The van der Waals surface area contributed by atoms with Gasteiger partial charge in [-0.3, -0.25) is 14.4 Å². The number of carbonyl (C=O) groups excluding carboxylic acids is 2. The number of nitrogens with zero attached hydrogens (tertiary/aromatic N) is 1. The van der Waals surface area contributed by atoms with E-state index in [1.54, 1.807) is 17.9 Å². The minimum absolute atomic E-state index is 0.140. The van der Waals surface area contributed by atoms with E-state index in [0.29, 0.717) is 17.3 Å². The first-order chi connectivity index (χ1) is 9.89. The largest absolute Gasteiger partial charge is 0.481 e. The van der Waals surface area contributed by atoms with Gasteiger partial charge in [0, 0.05) is 18.1 Å². The first-order valence-electron chi connectivity index (χ1n) is 6.52. The van der Waals surface area contributed by atoms with E-state index in [9.17, 15) is 19.5 Å². The second-order valence-electron chi connectivity index (χ2n) is 5.38.